The number of carbonyl (C=O) groups excluding carboxylic acids is 1. The lowest BCUT2D eigenvalue weighted by molar-refractivity contribution is 0.197. The van der Waals surface area contributed by atoms with Gasteiger partial charge in [0.05, 0.1) is 6.04 Å². The van der Waals surface area contributed by atoms with Gasteiger partial charge in [-0.25, -0.2) is 14.8 Å². The van der Waals surface area contributed by atoms with E-state index >= 15 is 0 Å². The highest BCUT2D eigenvalue weighted by Gasteiger charge is 2.36. The van der Waals surface area contributed by atoms with Crippen LogP contribution in [0.1, 0.15) is 26.6 Å². The first-order valence-corrected chi connectivity index (χ1v) is 7.98. The maximum Gasteiger partial charge on any atom is 0.317 e. The Morgan fingerprint density at radius 2 is 2.10 bits per heavy atom. The molecule has 7 heteroatoms. The molecule has 21 heavy (non-hydrogen) atoms. The van der Waals surface area contributed by atoms with Crippen LogP contribution < -0.4 is 10.2 Å². The number of carbonyl (C=O) groups is 1. The van der Waals surface area contributed by atoms with Crippen molar-refractivity contribution in [1.29, 1.82) is 0 Å². The summed E-state index contributed by atoms with van der Waals surface area (Å²) in [6.07, 6.45) is 0. The predicted octanol–water partition coefficient (Wildman–Crippen LogP) is 1.75. The summed E-state index contributed by atoms with van der Waals surface area (Å²) in [6.45, 7) is 9.39. The maximum atomic E-state index is 11.7. The van der Waals surface area contributed by atoms with Gasteiger partial charge in [0.15, 0.2) is 0 Å². The van der Waals surface area contributed by atoms with Crippen molar-refractivity contribution in [1.82, 2.24) is 20.2 Å². The van der Waals surface area contributed by atoms with Crippen molar-refractivity contribution in [2.75, 3.05) is 31.1 Å². The zero-order valence-electron chi connectivity index (χ0n) is 12.6. The molecule has 2 aliphatic rings. The summed E-state index contributed by atoms with van der Waals surface area (Å²) in [5.74, 6) is 1.76. The summed E-state index contributed by atoms with van der Waals surface area (Å²) >= 11 is 3.48. The predicted molar refractivity (Wildman–Crippen MR) is 84.5 cm³/mol. The first-order chi connectivity index (χ1) is 9.84. The van der Waals surface area contributed by atoms with Gasteiger partial charge < -0.3 is 15.1 Å². The van der Waals surface area contributed by atoms with E-state index in [2.05, 4.69) is 51.9 Å². The summed E-state index contributed by atoms with van der Waals surface area (Å²) in [5, 5.41) is 2.90. The molecule has 6 nitrogen and oxygen atoms in total. The van der Waals surface area contributed by atoms with Gasteiger partial charge in [-0.3, -0.25) is 0 Å². The SMILES string of the molecule is CC(C)(C)c1nc(Br)cc(N2CCN3C(=O)NCC3C2)n1. The minimum absolute atomic E-state index is 0.0545. The monoisotopic (exact) mass is 353 g/mol. The molecule has 3 rings (SSSR count). The Kier molecular flexibility index (Phi) is 3.55. The van der Waals surface area contributed by atoms with Gasteiger partial charge in [0, 0.05) is 37.7 Å². The number of urea groups is 1. The van der Waals surface area contributed by atoms with Gasteiger partial charge in [0.1, 0.15) is 16.2 Å². The largest absolute Gasteiger partial charge is 0.353 e. The van der Waals surface area contributed by atoms with Gasteiger partial charge in [-0.1, -0.05) is 20.8 Å². The number of fused-ring (bicyclic) bond motifs is 1. The summed E-state index contributed by atoms with van der Waals surface area (Å²) in [5.41, 5.74) is -0.0920. The van der Waals surface area contributed by atoms with Crippen LogP contribution in [-0.2, 0) is 5.41 Å². The van der Waals surface area contributed by atoms with Crippen molar-refractivity contribution in [2.24, 2.45) is 0 Å². The number of nitrogens with one attached hydrogen (secondary N) is 1. The topological polar surface area (TPSA) is 61.4 Å². The van der Waals surface area contributed by atoms with E-state index in [9.17, 15) is 4.79 Å². The molecular weight excluding hydrogens is 334 g/mol. The molecule has 3 heterocycles. The van der Waals surface area contributed by atoms with Gasteiger partial charge >= 0.3 is 6.03 Å². The molecule has 114 valence electrons. The maximum absolute atomic E-state index is 11.7. The van der Waals surface area contributed by atoms with E-state index in [4.69, 9.17) is 4.98 Å². The van der Waals surface area contributed by atoms with E-state index in [1.54, 1.807) is 0 Å². The Morgan fingerprint density at radius 1 is 1.33 bits per heavy atom. The fraction of sp³-hybridized carbons (Fsp3) is 0.643. The van der Waals surface area contributed by atoms with Crippen LogP contribution in [-0.4, -0.2) is 53.1 Å². The van der Waals surface area contributed by atoms with Crippen molar-refractivity contribution in [2.45, 2.75) is 32.2 Å². The number of halogens is 1. The van der Waals surface area contributed by atoms with Crippen molar-refractivity contribution in [3.8, 4) is 0 Å². The summed E-state index contributed by atoms with van der Waals surface area (Å²) in [7, 11) is 0. The number of hydrogen-bond acceptors (Lipinski definition) is 4. The average Bonchev–Trinajstić information content (AvgIpc) is 2.78. The van der Waals surface area contributed by atoms with Gasteiger partial charge in [-0.15, -0.1) is 0 Å². The highest BCUT2D eigenvalue weighted by atomic mass is 79.9. The quantitative estimate of drug-likeness (QED) is 0.781. The van der Waals surface area contributed by atoms with E-state index in [-0.39, 0.29) is 17.5 Å². The van der Waals surface area contributed by atoms with Gasteiger partial charge in [-0.2, -0.15) is 0 Å². The van der Waals surface area contributed by atoms with Gasteiger partial charge in [0.25, 0.3) is 0 Å². The Balaban J connectivity index is 1.84. The minimum Gasteiger partial charge on any atom is -0.353 e. The van der Waals surface area contributed by atoms with Crippen LogP contribution in [0, 0.1) is 0 Å². The molecule has 0 saturated carbocycles. The number of rotatable bonds is 1. The fourth-order valence-corrected chi connectivity index (χ4v) is 3.09. The van der Waals surface area contributed by atoms with Crippen molar-refractivity contribution in [3.05, 3.63) is 16.5 Å². The highest BCUT2D eigenvalue weighted by molar-refractivity contribution is 9.10. The standard InChI is InChI=1S/C14H20BrN5O/c1-14(2,3)12-17-10(15)6-11(18-12)19-4-5-20-9(8-19)7-16-13(20)21/h6,9H,4-5,7-8H2,1-3H3,(H,16,21). The molecular formula is C14H20BrN5O. The Bertz CT molecular complexity index is 571. The molecule has 1 unspecified atom stereocenters. The summed E-state index contributed by atoms with van der Waals surface area (Å²) < 4.78 is 0.806. The molecule has 2 saturated heterocycles. The van der Waals surface area contributed by atoms with Gasteiger partial charge in [0.2, 0.25) is 0 Å². The van der Waals surface area contributed by atoms with Gasteiger partial charge in [-0.05, 0) is 15.9 Å². The van der Waals surface area contributed by atoms with Crippen molar-refractivity contribution in [3.63, 3.8) is 0 Å². The molecule has 2 fully saturated rings. The third-order valence-corrected chi connectivity index (χ3v) is 4.31. The second kappa shape index (κ2) is 5.12. The zero-order chi connectivity index (χ0) is 15.2. The second-order valence-corrected chi connectivity index (χ2v) is 7.41. The minimum atomic E-state index is -0.0920. The fourth-order valence-electron chi connectivity index (χ4n) is 2.72. The molecule has 0 aromatic carbocycles. The smallest absolute Gasteiger partial charge is 0.317 e. The van der Waals surface area contributed by atoms with E-state index in [1.165, 1.54) is 0 Å². The van der Waals surface area contributed by atoms with E-state index in [1.807, 2.05) is 11.0 Å². The number of aromatic nitrogens is 2. The van der Waals surface area contributed by atoms with Crippen LogP contribution in [0.4, 0.5) is 10.6 Å². The number of anilines is 1. The Morgan fingerprint density at radius 3 is 2.81 bits per heavy atom. The number of nitrogens with zero attached hydrogens (tertiary/aromatic N) is 4. The molecule has 0 radical (unpaired) electrons. The third kappa shape index (κ3) is 2.84. The molecule has 1 atom stereocenters. The van der Waals surface area contributed by atoms with Crippen molar-refractivity contribution >= 4 is 27.8 Å². The van der Waals surface area contributed by atoms with Crippen LogP contribution in [0.5, 0.6) is 0 Å². The zero-order valence-corrected chi connectivity index (χ0v) is 14.1. The van der Waals surface area contributed by atoms with E-state index in [0.717, 1.165) is 35.9 Å². The average molecular weight is 354 g/mol. The van der Waals surface area contributed by atoms with Crippen LogP contribution in [0.25, 0.3) is 0 Å². The second-order valence-electron chi connectivity index (χ2n) is 6.60. The molecule has 1 aromatic heterocycles. The van der Waals surface area contributed by atoms with Crippen LogP contribution in [0.15, 0.2) is 10.7 Å². The lowest BCUT2D eigenvalue weighted by atomic mass is 9.96. The van der Waals surface area contributed by atoms with Crippen LogP contribution in [0.2, 0.25) is 0 Å². The van der Waals surface area contributed by atoms with E-state index in [0.29, 0.717) is 6.54 Å². The number of piperazine rings is 1. The van der Waals surface area contributed by atoms with Crippen LogP contribution >= 0.6 is 15.9 Å². The molecule has 2 aliphatic heterocycles. The molecule has 2 amide bonds. The number of hydrogen-bond donors (Lipinski definition) is 1. The molecule has 0 aliphatic carbocycles. The highest BCUT2D eigenvalue weighted by Crippen LogP contribution is 2.26. The summed E-state index contributed by atoms with van der Waals surface area (Å²) in [4.78, 5) is 25.0. The lowest BCUT2D eigenvalue weighted by Gasteiger charge is -2.37. The summed E-state index contributed by atoms with van der Waals surface area (Å²) in [6, 6.07) is 2.24. The first kappa shape index (κ1) is 14.6. The Labute approximate surface area is 133 Å². The Hall–Kier alpha value is -1.37. The lowest BCUT2D eigenvalue weighted by Crippen LogP contribution is -2.52. The van der Waals surface area contributed by atoms with Crippen LogP contribution in [0.3, 0.4) is 0 Å². The van der Waals surface area contributed by atoms with Crippen molar-refractivity contribution < 1.29 is 4.79 Å². The normalized spacial score (nSPS) is 22.3. The first-order valence-electron chi connectivity index (χ1n) is 7.19. The molecule has 1 N–H and O–H groups in total. The molecule has 1 aromatic rings. The number of amides is 2. The van der Waals surface area contributed by atoms with E-state index < -0.39 is 0 Å². The molecule has 0 bridgehead atoms. The third-order valence-electron chi connectivity index (χ3n) is 3.91. The molecule has 0 spiro atoms.